The summed E-state index contributed by atoms with van der Waals surface area (Å²) >= 11 is 0. The quantitative estimate of drug-likeness (QED) is 0.796. The second-order valence-corrected chi connectivity index (χ2v) is 7.68. The molecule has 1 atom stereocenters. The van der Waals surface area contributed by atoms with Crippen LogP contribution in [0.1, 0.15) is 31.2 Å². The summed E-state index contributed by atoms with van der Waals surface area (Å²) in [5.41, 5.74) is 1.21. The first-order valence-electron chi connectivity index (χ1n) is 9.28. The Morgan fingerprint density at radius 3 is 2.37 bits per heavy atom. The van der Waals surface area contributed by atoms with Crippen molar-refractivity contribution in [2.24, 2.45) is 0 Å². The van der Waals surface area contributed by atoms with Gasteiger partial charge >= 0.3 is 12.1 Å². The summed E-state index contributed by atoms with van der Waals surface area (Å²) in [6.07, 6.45) is 0.912. The highest BCUT2D eigenvalue weighted by atomic mass is 16.2. The maximum atomic E-state index is 12.6. The second kappa shape index (κ2) is 6.86. The average molecular weight is 376 g/mol. The largest absolute Gasteiger partial charge is 0.334 e. The number of nitrogens with zero attached hydrogens (tertiary/aromatic N) is 5. The van der Waals surface area contributed by atoms with Gasteiger partial charge in [-0.3, -0.25) is 14.4 Å². The van der Waals surface area contributed by atoms with Gasteiger partial charge in [0.25, 0.3) is 5.91 Å². The van der Waals surface area contributed by atoms with Crippen LogP contribution in [-0.4, -0.2) is 81.2 Å². The Bertz CT molecular complexity index is 765. The van der Waals surface area contributed by atoms with Crippen LogP contribution in [0, 0.1) is 13.8 Å². The van der Waals surface area contributed by atoms with E-state index in [2.05, 4.69) is 10.4 Å². The van der Waals surface area contributed by atoms with Crippen molar-refractivity contribution in [2.75, 3.05) is 27.2 Å². The number of nitrogens with one attached hydrogen (secondary N) is 1. The van der Waals surface area contributed by atoms with Gasteiger partial charge in [0.2, 0.25) is 0 Å². The van der Waals surface area contributed by atoms with Gasteiger partial charge in [-0.1, -0.05) is 0 Å². The zero-order valence-electron chi connectivity index (χ0n) is 16.7. The van der Waals surface area contributed by atoms with Gasteiger partial charge in [-0.05, 0) is 39.7 Å². The lowest BCUT2D eigenvalue weighted by Crippen LogP contribution is -2.58. The summed E-state index contributed by atoms with van der Waals surface area (Å²) in [7, 11) is 3.17. The van der Waals surface area contributed by atoms with Crippen molar-refractivity contribution < 1.29 is 14.4 Å². The highest BCUT2D eigenvalue weighted by molar-refractivity contribution is 6.06. The predicted molar refractivity (Wildman–Crippen MR) is 99.2 cm³/mol. The lowest BCUT2D eigenvalue weighted by molar-refractivity contribution is -0.134. The van der Waals surface area contributed by atoms with Gasteiger partial charge in [0.05, 0.1) is 12.2 Å². The molecule has 2 aliphatic rings. The van der Waals surface area contributed by atoms with E-state index in [0.717, 1.165) is 11.4 Å². The van der Waals surface area contributed by atoms with E-state index in [-0.39, 0.29) is 24.0 Å². The molecule has 3 heterocycles. The smallest absolute Gasteiger partial charge is 0.327 e. The molecule has 0 aromatic carbocycles. The Morgan fingerprint density at radius 1 is 1.26 bits per heavy atom. The number of carbonyl (C=O) groups is 3. The molecule has 5 amide bonds. The molecule has 1 aromatic heterocycles. The molecule has 1 aromatic rings. The number of hydrogen-bond acceptors (Lipinski definition) is 4. The van der Waals surface area contributed by atoms with Crippen LogP contribution in [0.2, 0.25) is 0 Å². The fourth-order valence-electron chi connectivity index (χ4n) is 4.05. The van der Waals surface area contributed by atoms with E-state index in [4.69, 9.17) is 0 Å². The third-order valence-corrected chi connectivity index (χ3v) is 5.72. The molecule has 9 nitrogen and oxygen atoms in total. The first-order valence-corrected chi connectivity index (χ1v) is 9.28. The van der Waals surface area contributed by atoms with E-state index in [0.29, 0.717) is 32.5 Å². The van der Waals surface area contributed by atoms with Crippen LogP contribution in [0.15, 0.2) is 6.07 Å². The molecule has 2 fully saturated rings. The fraction of sp³-hybridized carbons (Fsp3) is 0.667. The highest BCUT2D eigenvalue weighted by Crippen LogP contribution is 2.35. The van der Waals surface area contributed by atoms with Crippen molar-refractivity contribution in [3.63, 3.8) is 0 Å². The van der Waals surface area contributed by atoms with Crippen LogP contribution in [0.25, 0.3) is 0 Å². The second-order valence-electron chi connectivity index (χ2n) is 7.68. The molecule has 1 N–H and O–H groups in total. The van der Waals surface area contributed by atoms with Crippen molar-refractivity contribution in [1.29, 1.82) is 0 Å². The molecule has 1 unspecified atom stereocenters. The maximum absolute atomic E-state index is 12.6. The van der Waals surface area contributed by atoms with Gasteiger partial charge in [-0.25, -0.2) is 9.59 Å². The number of urea groups is 2. The summed E-state index contributed by atoms with van der Waals surface area (Å²) in [6.45, 7) is 7.36. The number of imide groups is 1. The third kappa shape index (κ3) is 3.26. The van der Waals surface area contributed by atoms with Crippen LogP contribution in [0.5, 0.6) is 0 Å². The van der Waals surface area contributed by atoms with E-state index in [1.54, 1.807) is 11.9 Å². The lowest BCUT2D eigenvalue weighted by atomic mass is 9.86. The number of piperidine rings is 1. The first kappa shape index (κ1) is 19.2. The lowest BCUT2D eigenvalue weighted by Gasteiger charge is -2.40. The maximum Gasteiger partial charge on any atom is 0.327 e. The summed E-state index contributed by atoms with van der Waals surface area (Å²) in [5.74, 6) is -0.173. The molecule has 148 valence electrons. The van der Waals surface area contributed by atoms with Gasteiger partial charge in [0, 0.05) is 38.9 Å². The number of amides is 5. The molecule has 1 spiro atoms. The number of likely N-dealkylation sites (N-methyl/N-ethyl adjacent to an activating group) is 2. The molecular weight excluding hydrogens is 348 g/mol. The van der Waals surface area contributed by atoms with E-state index in [9.17, 15) is 14.4 Å². The number of aryl methyl sites for hydroxylation is 2. The minimum absolute atomic E-state index is 0.0742. The van der Waals surface area contributed by atoms with Crippen LogP contribution < -0.4 is 5.32 Å². The molecule has 3 rings (SSSR count). The number of rotatable bonds is 3. The minimum atomic E-state index is -0.808. The molecule has 2 saturated heterocycles. The SMILES string of the molecule is Cc1cc(C)n(CC(C)NC(=O)N2CCC3(CC2)C(=O)N(C)C(=O)N3C)n1. The first-order chi connectivity index (χ1) is 12.7. The predicted octanol–water partition coefficient (Wildman–Crippen LogP) is 0.956. The Balaban J connectivity index is 1.56. The van der Waals surface area contributed by atoms with Crippen LogP contribution in [-0.2, 0) is 11.3 Å². The number of aromatic nitrogens is 2. The molecule has 2 aliphatic heterocycles. The molecule has 0 radical (unpaired) electrons. The third-order valence-electron chi connectivity index (χ3n) is 5.72. The molecule has 0 bridgehead atoms. The van der Waals surface area contributed by atoms with Crippen molar-refractivity contribution in [3.05, 3.63) is 17.5 Å². The normalized spacial score (nSPS) is 20.6. The van der Waals surface area contributed by atoms with E-state index in [1.165, 1.54) is 16.8 Å². The molecule has 9 heteroatoms. The van der Waals surface area contributed by atoms with E-state index >= 15 is 0 Å². The highest BCUT2D eigenvalue weighted by Gasteiger charge is 2.55. The molecule has 0 aliphatic carbocycles. The standard InChI is InChI=1S/C18H28N6O3/c1-12-10-14(3)24(20-12)11-13(2)19-16(26)23-8-6-18(7-9-23)15(25)21(4)17(27)22(18)5/h10,13H,6-9,11H2,1-5H3,(H,19,26). The van der Waals surface area contributed by atoms with Gasteiger partial charge in [-0.2, -0.15) is 5.10 Å². The van der Waals surface area contributed by atoms with Gasteiger partial charge in [-0.15, -0.1) is 0 Å². The Labute approximate surface area is 159 Å². The zero-order valence-corrected chi connectivity index (χ0v) is 16.7. The summed E-state index contributed by atoms with van der Waals surface area (Å²) in [4.78, 5) is 41.6. The van der Waals surface area contributed by atoms with Gasteiger partial charge in [0.1, 0.15) is 5.54 Å². The summed E-state index contributed by atoms with van der Waals surface area (Å²) in [5, 5.41) is 7.42. The van der Waals surface area contributed by atoms with Crippen molar-refractivity contribution >= 4 is 18.0 Å². The average Bonchev–Trinajstić information content (AvgIpc) is 3.01. The van der Waals surface area contributed by atoms with E-state index in [1.807, 2.05) is 31.5 Å². The Hall–Kier alpha value is -2.58. The summed E-state index contributed by atoms with van der Waals surface area (Å²) in [6, 6.07) is 1.50. The molecule has 0 saturated carbocycles. The number of likely N-dealkylation sites (tertiary alicyclic amines) is 1. The minimum Gasteiger partial charge on any atom is -0.334 e. The van der Waals surface area contributed by atoms with Gasteiger partial charge < -0.3 is 15.1 Å². The fourth-order valence-corrected chi connectivity index (χ4v) is 4.05. The number of carbonyl (C=O) groups excluding carboxylic acids is 3. The monoisotopic (exact) mass is 376 g/mol. The van der Waals surface area contributed by atoms with Gasteiger partial charge in [0.15, 0.2) is 0 Å². The number of hydrogen-bond donors (Lipinski definition) is 1. The van der Waals surface area contributed by atoms with E-state index < -0.39 is 5.54 Å². The van der Waals surface area contributed by atoms with Crippen molar-refractivity contribution in [3.8, 4) is 0 Å². The summed E-state index contributed by atoms with van der Waals surface area (Å²) < 4.78 is 1.89. The van der Waals surface area contributed by atoms with Crippen LogP contribution >= 0.6 is 0 Å². The topological polar surface area (TPSA) is 90.8 Å². The molecular formula is C18H28N6O3. The Kier molecular flexibility index (Phi) is 4.88. The Morgan fingerprint density at radius 2 is 1.89 bits per heavy atom. The van der Waals surface area contributed by atoms with Crippen LogP contribution in [0.4, 0.5) is 9.59 Å². The van der Waals surface area contributed by atoms with Crippen molar-refractivity contribution in [2.45, 2.75) is 51.7 Å². The van der Waals surface area contributed by atoms with Crippen LogP contribution in [0.3, 0.4) is 0 Å². The molecule has 27 heavy (non-hydrogen) atoms. The van der Waals surface area contributed by atoms with Crippen molar-refractivity contribution in [1.82, 2.24) is 29.8 Å². The zero-order chi connectivity index (χ0) is 19.9.